The Labute approximate surface area is 100 Å². The molecule has 0 rings (SSSR count). The topological polar surface area (TPSA) is 125 Å². The molecule has 0 aromatic carbocycles. The second-order valence-corrected chi connectivity index (χ2v) is 2.92. The molecule has 0 saturated carbocycles. The van der Waals surface area contributed by atoms with Gasteiger partial charge in [-0.1, -0.05) is 19.8 Å². The first-order valence-corrected chi connectivity index (χ1v) is 5.18. The van der Waals surface area contributed by atoms with Crippen molar-refractivity contribution in [1.29, 1.82) is 0 Å². The van der Waals surface area contributed by atoms with Crippen LogP contribution in [-0.4, -0.2) is 30.5 Å². The molecule has 0 aromatic rings. The van der Waals surface area contributed by atoms with Gasteiger partial charge in [0.2, 0.25) is 0 Å². The summed E-state index contributed by atoms with van der Waals surface area (Å²) in [6, 6.07) is 0. The predicted octanol–water partition coefficient (Wildman–Crippen LogP) is 1.43. The highest BCUT2D eigenvalue weighted by Gasteiger charge is 1.87. The number of carboxylic acid groups (broad SMARTS) is 1. The summed E-state index contributed by atoms with van der Waals surface area (Å²) in [6.45, 7) is 3.01. The molecule has 5 N–H and O–H groups in total. The molecule has 0 spiro atoms. The van der Waals surface area contributed by atoms with E-state index < -0.39 is 12.2 Å². The lowest BCUT2D eigenvalue weighted by molar-refractivity contribution is 0.167. The van der Waals surface area contributed by atoms with Gasteiger partial charge in [-0.2, -0.15) is 0 Å². The van der Waals surface area contributed by atoms with E-state index in [9.17, 15) is 4.79 Å². The van der Waals surface area contributed by atoms with Gasteiger partial charge in [0.1, 0.15) is 6.61 Å². The molecule has 0 heterocycles. The maximum Gasteiger partial charge on any atom is 0.404 e. The SMILES string of the molecule is CCCCCOC=CCOC(N)=O.NC(=O)O. The molecule has 0 aliphatic rings. The molecule has 0 atom stereocenters. The molecular formula is C10H20N2O5. The highest BCUT2D eigenvalue weighted by atomic mass is 16.5. The van der Waals surface area contributed by atoms with Crippen molar-refractivity contribution in [2.45, 2.75) is 26.2 Å². The molecular weight excluding hydrogens is 228 g/mol. The van der Waals surface area contributed by atoms with Crippen LogP contribution in [0.4, 0.5) is 9.59 Å². The van der Waals surface area contributed by atoms with Gasteiger partial charge >= 0.3 is 12.2 Å². The van der Waals surface area contributed by atoms with Gasteiger partial charge in [0, 0.05) is 0 Å². The van der Waals surface area contributed by atoms with E-state index in [2.05, 4.69) is 17.4 Å². The Hall–Kier alpha value is -1.92. The highest BCUT2D eigenvalue weighted by molar-refractivity contribution is 5.64. The Morgan fingerprint density at radius 2 is 1.88 bits per heavy atom. The molecule has 100 valence electrons. The Kier molecular flexibility index (Phi) is 14.5. The summed E-state index contributed by atoms with van der Waals surface area (Å²) < 4.78 is 9.55. The van der Waals surface area contributed by atoms with E-state index in [1.54, 1.807) is 6.08 Å². The van der Waals surface area contributed by atoms with E-state index in [-0.39, 0.29) is 6.61 Å². The summed E-state index contributed by atoms with van der Waals surface area (Å²) in [4.78, 5) is 18.9. The Morgan fingerprint density at radius 3 is 2.35 bits per heavy atom. The highest BCUT2D eigenvalue weighted by Crippen LogP contribution is 1.94. The second kappa shape index (κ2) is 14.1. The summed E-state index contributed by atoms with van der Waals surface area (Å²) >= 11 is 0. The molecule has 7 heteroatoms. The monoisotopic (exact) mass is 248 g/mol. The first kappa shape index (κ1) is 17.5. The summed E-state index contributed by atoms with van der Waals surface area (Å²) in [6.07, 6.45) is 4.44. The molecule has 17 heavy (non-hydrogen) atoms. The molecule has 0 aliphatic heterocycles. The summed E-state index contributed by atoms with van der Waals surface area (Å²) in [5, 5.41) is 7.19. The fourth-order valence-corrected chi connectivity index (χ4v) is 0.741. The third-order valence-electron chi connectivity index (χ3n) is 1.38. The van der Waals surface area contributed by atoms with Crippen molar-refractivity contribution >= 4 is 12.2 Å². The largest absolute Gasteiger partial charge is 0.501 e. The summed E-state index contributed by atoms with van der Waals surface area (Å²) in [5.41, 5.74) is 8.76. The summed E-state index contributed by atoms with van der Waals surface area (Å²) in [5.74, 6) is 0. The molecule has 0 aromatic heterocycles. The van der Waals surface area contributed by atoms with Crippen LogP contribution in [0.25, 0.3) is 0 Å². The molecule has 0 fully saturated rings. The predicted molar refractivity (Wildman–Crippen MR) is 62.4 cm³/mol. The van der Waals surface area contributed by atoms with Crippen LogP contribution >= 0.6 is 0 Å². The van der Waals surface area contributed by atoms with Crippen LogP contribution in [0.5, 0.6) is 0 Å². The van der Waals surface area contributed by atoms with E-state index >= 15 is 0 Å². The van der Waals surface area contributed by atoms with Crippen LogP contribution in [0.15, 0.2) is 12.3 Å². The van der Waals surface area contributed by atoms with Crippen molar-refractivity contribution < 1.29 is 24.2 Å². The standard InChI is InChI=1S/C9H17NO3.CH3NO2/c1-2-3-4-6-12-7-5-8-13-9(10)11;2-1(3)4/h5,7H,2-4,6,8H2,1H3,(H2,10,11);2H2,(H,3,4). The minimum Gasteiger partial charge on any atom is -0.501 e. The molecule has 0 aliphatic carbocycles. The average molecular weight is 248 g/mol. The van der Waals surface area contributed by atoms with Gasteiger partial charge in [0.15, 0.2) is 0 Å². The van der Waals surface area contributed by atoms with Crippen LogP contribution in [0.1, 0.15) is 26.2 Å². The Bertz CT molecular complexity index is 227. The summed E-state index contributed by atoms with van der Waals surface area (Å²) in [7, 11) is 0. The zero-order valence-electron chi connectivity index (χ0n) is 9.93. The molecule has 0 saturated heterocycles. The van der Waals surface area contributed by atoms with Crippen LogP contribution in [0, 0.1) is 0 Å². The van der Waals surface area contributed by atoms with Crippen LogP contribution in [0.3, 0.4) is 0 Å². The maximum atomic E-state index is 10.1. The fraction of sp³-hybridized carbons (Fsp3) is 0.600. The number of amides is 2. The van der Waals surface area contributed by atoms with Crippen molar-refractivity contribution in [3.05, 3.63) is 12.3 Å². The first-order valence-electron chi connectivity index (χ1n) is 5.18. The lowest BCUT2D eigenvalue weighted by Crippen LogP contribution is -2.12. The van der Waals surface area contributed by atoms with Gasteiger partial charge in [0.25, 0.3) is 0 Å². The number of unbranched alkanes of at least 4 members (excludes halogenated alkanes) is 2. The van der Waals surface area contributed by atoms with Crippen molar-refractivity contribution in [2.24, 2.45) is 11.5 Å². The number of primary amides is 2. The lowest BCUT2D eigenvalue weighted by atomic mass is 10.3. The van der Waals surface area contributed by atoms with Crippen molar-refractivity contribution in [3.8, 4) is 0 Å². The van der Waals surface area contributed by atoms with Crippen LogP contribution in [0.2, 0.25) is 0 Å². The average Bonchev–Trinajstić information content (AvgIpc) is 2.21. The minimum absolute atomic E-state index is 0.170. The van der Waals surface area contributed by atoms with Crippen LogP contribution < -0.4 is 11.5 Å². The molecule has 7 nitrogen and oxygen atoms in total. The van der Waals surface area contributed by atoms with Crippen molar-refractivity contribution in [1.82, 2.24) is 0 Å². The van der Waals surface area contributed by atoms with Crippen LogP contribution in [-0.2, 0) is 9.47 Å². The number of nitrogens with two attached hydrogens (primary N) is 2. The van der Waals surface area contributed by atoms with Gasteiger partial charge in [-0.05, 0) is 12.5 Å². The molecule has 0 radical (unpaired) electrons. The third kappa shape index (κ3) is 31.5. The molecule has 0 bridgehead atoms. The Morgan fingerprint density at radius 1 is 1.29 bits per heavy atom. The van der Waals surface area contributed by atoms with Crippen molar-refractivity contribution in [3.63, 3.8) is 0 Å². The smallest absolute Gasteiger partial charge is 0.404 e. The number of ether oxygens (including phenoxy) is 2. The van der Waals surface area contributed by atoms with Gasteiger partial charge in [-0.3, -0.25) is 0 Å². The lowest BCUT2D eigenvalue weighted by Gasteiger charge is -1.98. The van der Waals surface area contributed by atoms with E-state index in [0.717, 1.165) is 6.42 Å². The van der Waals surface area contributed by atoms with E-state index in [4.69, 9.17) is 20.4 Å². The minimum atomic E-state index is -1.33. The van der Waals surface area contributed by atoms with Gasteiger partial charge < -0.3 is 26.0 Å². The fourth-order valence-electron chi connectivity index (χ4n) is 0.741. The van der Waals surface area contributed by atoms with E-state index in [1.165, 1.54) is 19.1 Å². The number of carbonyl (C=O) groups excluding carboxylic acids is 1. The quantitative estimate of drug-likeness (QED) is 0.464. The van der Waals surface area contributed by atoms with E-state index in [0.29, 0.717) is 6.61 Å². The van der Waals surface area contributed by atoms with E-state index in [1.807, 2.05) is 0 Å². The number of carbonyl (C=O) groups is 2. The first-order chi connectivity index (χ1) is 8.00. The number of rotatable bonds is 7. The maximum absolute atomic E-state index is 10.1. The second-order valence-electron chi connectivity index (χ2n) is 2.92. The number of hydrogen-bond donors (Lipinski definition) is 3. The normalized spacial score (nSPS) is 9.24. The van der Waals surface area contributed by atoms with Gasteiger partial charge in [-0.25, -0.2) is 9.59 Å². The van der Waals surface area contributed by atoms with Crippen molar-refractivity contribution in [2.75, 3.05) is 13.2 Å². The number of hydrogen-bond acceptors (Lipinski definition) is 4. The Balaban J connectivity index is 0. The zero-order chi connectivity index (χ0) is 13.5. The van der Waals surface area contributed by atoms with Gasteiger partial charge in [0.05, 0.1) is 12.9 Å². The van der Waals surface area contributed by atoms with Gasteiger partial charge in [-0.15, -0.1) is 0 Å². The zero-order valence-corrected chi connectivity index (χ0v) is 9.93. The molecule has 0 unspecified atom stereocenters. The third-order valence-corrected chi connectivity index (χ3v) is 1.38. The molecule has 2 amide bonds.